The third-order valence-electron chi connectivity index (χ3n) is 7.16. The smallest absolute Gasteiger partial charge is 0.331 e. The highest BCUT2D eigenvalue weighted by molar-refractivity contribution is 5.97. The van der Waals surface area contributed by atoms with Gasteiger partial charge in [0.2, 0.25) is 5.67 Å². The maximum absolute atomic E-state index is 14.0. The van der Waals surface area contributed by atoms with Gasteiger partial charge in [0.1, 0.15) is 12.1 Å². The summed E-state index contributed by atoms with van der Waals surface area (Å²) in [5.74, 6) is -0.688. The highest BCUT2D eigenvalue weighted by Crippen LogP contribution is 2.42. The van der Waals surface area contributed by atoms with Crippen LogP contribution in [0, 0.1) is 19.7 Å². The first kappa shape index (κ1) is 27.4. The average molecular weight is 560 g/mol. The number of carbonyl (C=O) groups excluding carboxylic acids is 1. The fourth-order valence-electron chi connectivity index (χ4n) is 5.09. The summed E-state index contributed by atoms with van der Waals surface area (Å²) in [6, 6.07) is 7.90. The number of aryl methyl sites for hydroxylation is 2. The summed E-state index contributed by atoms with van der Waals surface area (Å²) in [4.78, 5) is 22.4. The molecule has 40 heavy (non-hydrogen) atoms. The number of hydrogen-bond acceptors (Lipinski definition) is 5. The van der Waals surface area contributed by atoms with Gasteiger partial charge in [0.05, 0.1) is 47.1 Å². The molecule has 1 aromatic carbocycles. The van der Waals surface area contributed by atoms with Crippen molar-refractivity contribution in [2.45, 2.75) is 45.5 Å². The number of likely N-dealkylation sites (tertiary alicyclic amines) is 1. The summed E-state index contributed by atoms with van der Waals surface area (Å²) in [5, 5.41) is 9.07. The Morgan fingerprint density at radius 1 is 1.07 bits per heavy atom. The van der Waals surface area contributed by atoms with Gasteiger partial charge >= 0.3 is 6.18 Å². The van der Waals surface area contributed by atoms with E-state index in [4.69, 9.17) is 0 Å². The Balaban J connectivity index is 1.41. The molecule has 8 nitrogen and oxygen atoms in total. The van der Waals surface area contributed by atoms with Crippen LogP contribution in [-0.2, 0) is 19.9 Å². The van der Waals surface area contributed by atoms with E-state index < -0.39 is 30.8 Å². The van der Waals surface area contributed by atoms with E-state index in [2.05, 4.69) is 20.2 Å². The molecule has 0 bridgehead atoms. The van der Waals surface area contributed by atoms with E-state index in [9.17, 15) is 26.7 Å². The van der Waals surface area contributed by atoms with Crippen LogP contribution in [0.25, 0.3) is 17.1 Å². The molecule has 3 aromatic heterocycles. The van der Waals surface area contributed by atoms with E-state index >= 15 is 0 Å². The fraction of sp³-hybridized carbons (Fsp3) is 0.370. The Kier molecular flexibility index (Phi) is 6.71. The van der Waals surface area contributed by atoms with Crippen LogP contribution >= 0.6 is 0 Å². The second-order valence-corrected chi connectivity index (χ2v) is 9.88. The van der Waals surface area contributed by atoms with Gasteiger partial charge in [-0.15, -0.1) is 0 Å². The molecule has 0 radical (unpaired) electrons. The number of carbonyl (C=O) groups is 1. The van der Waals surface area contributed by atoms with Crippen LogP contribution in [0.4, 0.5) is 22.0 Å². The zero-order valence-corrected chi connectivity index (χ0v) is 22.2. The van der Waals surface area contributed by atoms with E-state index in [1.165, 1.54) is 23.1 Å². The van der Waals surface area contributed by atoms with Gasteiger partial charge in [-0.3, -0.25) is 9.48 Å². The van der Waals surface area contributed by atoms with Crippen molar-refractivity contribution in [2.24, 2.45) is 7.05 Å². The molecule has 0 aliphatic carbocycles. The first-order valence-electron chi connectivity index (χ1n) is 12.6. The molecule has 0 saturated carbocycles. The lowest BCUT2D eigenvalue weighted by molar-refractivity contribution is -0.263. The van der Waals surface area contributed by atoms with E-state index in [-0.39, 0.29) is 17.1 Å². The van der Waals surface area contributed by atoms with Crippen LogP contribution in [-0.4, -0.2) is 65.3 Å². The molecular formula is C27H26F5N7O. The second kappa shape index (κ2) is 9.79. The number of aromatic nitrogens is 6. The summed E-state index contributed by atoms with van der Waals surface area (Å²) in [6.45, 7) is 3.06. The van der Waals surface area contributed by atoms with Gasteiger partial charge in [0.25, 0.3) is 5.91 Å². The van der Waals surface area contributed by atoms with Crippen molar-refractivity contribution in [3.05, 3.63) is 76.4 Å². The molecule has 0 atom stereocenters. The summed E-state index contributed by atoms with van der Waals surface area (Å²) in [7, 11) is 1.82. The first-order chi connectivity index (χ1) is 18.8. The van der Waals surface area contributed by atoms with Gasteiger partial charge in [-0.2, -0.15) is 23.4 Å². The third kappa shape index (κ3) is 4.62. The minimum atomic E-state index is -5.04. The van der Waals surface area contributed by atoms with E-state index in [1.807, 2.05) is 14.0 Å². The van der Waals surface area contributed by atoms with Gasteiger partial charge in [0.15, 0.2) is 5.82 Å². The Labute approximate surface area is 226 Å². The normalized spacial score (nSPS) is 14.9. The Bertz CT molecular complexity index is 1580. The minimum Gasteiger partial charge on any atom is -0.331 e. The topological polar surface area (TPSA) is 81.7 Å². The summed E-state index contributed by atoms with van der Waals surface area (Å²) in [6.07, 6.45) is -2.64. The number of hydrogen-bond donors (Lipinski definition) is 0. The zero-order valence-electron chi connectivity index (χ0n) is 22.2. The molecule has 5 rings (SSSR count). The van der Waals surface area contributed by atoms with Crippen LogP contribution in [0.2, 0.25) is 0 Å². The van der Waals surface area contributed by atoms with Gasteiger partial charge < -0.3 is 4.90 Å². The maximum Gasteiger partial charge on any atom is 0.426 e. The molecule has 0 unspecified atom stereocenters. The number of benzene rings is 1. The Morgan fingerprint density at radius 2 is 1.75 bits per heavy atom. The lowest BCUT2D eigenvalue weighted by Gasteiger charge is -2.44. The van der Waals surface area contributed by atoms with Crippen molar-refractivity contribution in [3.8, 4) is 17.1 Å². The van der Waals surface area contributed by atoms with E-state index in [1.54, 1.807) is 36.7 Å². The summed E-state index contributed by atoms with van der Waals surface area (Å²) >= 11 is 0. The molecule has 1 aliphatic heterocycles. The molecule has 4 heterocycles. The van der Waals surface area contributed by atoms with Crippen molar-refractivity contribution in [2.75, 3.05) is 13.1 Å². The van der Waals surface area contributed by atoms with E-state index in [0.717, 1.165) is 27.4 Å². The van der Waals surface area contributed by atoms with Gasteiger partial charge in [-0.05, 0) is 44.5 Å². The Morgan fingerprint density at radius 3 is 2.38 bits per heavy atom. The van der Waals surface area contributed by atoms with Crippen molar-refractivity contribution >= 4 is 5.91 Å². The van der Waals surface area contributed by atoms with E-state index in [0.29, 0.717) is 30.0 Å². The molecule has 0 N–H and O–H groups in total. The van der Waals surface area contributed by atoms with Crippen molar-refractivity contribution in [3.63, 3.8) is 0 Å². The molecular weight excluding hydrogens is 533 g/mol. The van der Waals surface area contributed by atoms with Crippen LogP contribution in [0.15, 0.2) is 36.7 Å². The van der Waals surface area contributed by atoms with Gasteiger partial charge in [-0.1, -0.05) is 6.92 Å². The average Bonchev–Trinajstić information content (AvgIpc) is 3.35. The molecule has 1 aliphatic rings. The van der Waals surface area contributed by atoms with Gasteiger partial charge in [-0.25, -0.2) is 23.4 Å². The molecule has 0 spiro atoms. The predicted molar refractivity (Wildman–Crippen MR) is 135 cm³/mol. The van der Waals surface area contributed by atoms with Crippen molar-refractivity contribution in [1.82, 2.24) is 34.4 Å². The second-order valence-electron chi connectivity index (χ2n) is 9.88. The Hall–Kier alpha value is -4.16. The predicted octanol–water partition coefficient (Wildman–Crippen LogP) is 4.70. The lowest BCUT2D eigenvalue weighted by atomic mass is 9.94. The molecule has 4 aromatic rings. The minimum absolute atomic E-state index is 0.103. The molecule has 1 fully saturated rings. The fourth-order valence-corrected chi connectivity index (χ4v) is 5.09. The number of halogens is 5. The van der Waals surface area contributed by atoms with Crippen LogP contribution in [0.1, 0.15) is 45.6 Å². The monoisotopic (exact) mass is 559 g/mol. The number of amides is 1. The van der Waals surface area contributed by atoms with Crippen LogP contribution in [0.3, 0.4) is 0 Å². The molecule has 1 saturated heterocycles. The van der Waals surface area contributed by atoms with Crippen molar-refractivity contribution < 1.29 is 26.7 Å². The molecule has 1 amide bonds. The largest absolute Gasteiger partial charge is 0.426 e. The third-order valence-corrected chi connectivity index (χ3v) is 7.16. The molecule has 210 valence electrons. The SMILES string of the molecule is CCc1c(Cc2cc(-n3nc(C)c(C(=O)N4CC(F)(C(F)(F)F)C4)c3C)ncn2)nn(C)c1-c1ccc(F)cc1. The maximum atomic E-state index is 14.0. The highest BCUT2D eigenvalue weighted by atomic mass is 19.4. The highest BCUT2D eigenvalue weighted by Gasteiger charge is 2.64. The van der Waals surface area contributed by atoms with Crippen molar-refractivity contribution in [1.29, 1.82) is 0 Å². The zero-order chi connectivity index (χ0) is 29.0. The van der Waals surface area contributed by atoms with Crippen LogP contribution < -0.4 is 0 Å². The summed E-state index contributed by atoms with van der Waals surface area (Å²) < 4.78 is 69.4. The lowest BCUT2D eigenvalue weighted by Crippen LogP contribution is -2.67. The first-order valence-corrected chi connectivity index (χ1v) is 12.6. The number of rotatable bonds is 6. The number of alkyl halides is 4. The molecule has 13 heteroatoms. The quantitative estimate of drug-likeness (QED) is 0.320. The van der Waals surface area contributed by atoms with Crippen LogP contribution in [0.5, 0.6) is 0 Å². The van der Waals surface area contributed by atoms with Gasteiger partial charge in [0, 0.05) is 30.7 Å². The number of nitrogens with zero attached hydrogens (tertiary/aromatic N) is 7. The standard InChI is InChI=1S/C27H26F5N7O/c1-5-20-21(36-37(4)24(20)17-6-8-18(28)9-7-17)10-19-11-22(34-14-33-19)39-16(3)23(15(2)35-39)25(40)38-12-26(29,13-38)27(30,31)32/h6-9,11,14H,5,10,12-13H2,1-4H3. The summed E-state index contributed by atoms with van der Waals surface area (Å²) in [5.41, 5.74) is 1.47.